The standard InChI is InChI=1S/C15H24N4O/c1-3-16-15(19-13-6-4-5-7-13)18-11-12-8-9-17-14(10-12)20-2/h8-10,13H,3-7,11H2,1-2H3,(H2,16,18,19). The molecule has 0 saturated heterocycles. The Kier molecular flexibility index (Phi) is 5.65. The van der Waals surface area contributed by atoms with E-state index in [-0.39, 0.29) is 0 Å². The number of hydrogen-bond donors (Lipinski definition) is 2. The molecule has 110 valence electrons. The summed E-state index contributed by atoms with van der Waals surface area (Å²) in [5.74, 6) is 1.53. The number of methoxy groups -OCH3 is 1. The topological polar surface area (TPSA) is 58.5 Å². The first-order chi connectivity index (χ1) is 9.81. The van der Waals surface area contributed by atoms with Crippen LogP contribution in [-0.4, -0.2) is 30.6 Å². The van der Waals surface area contributed by atoms with Gasteiger partial charge in [-0.05, 0) is 31.4 Å². The van der Waals surface area contributed by atoms with E-state index in [2.05, 4.69) is 27.5 Å². The Morgan fingerprint density at radius 2 is 2.25 bits per heavy atom. The molecule has 2 rings (SSSR count). The van der Waals surface area contributed by atoms with Crippen molar-refractivity contribution in [3.05, 3.63) is 23.9 Å². The summed E-state index contributed by atoms with van der Waals surface area (Å²) in [4.78, 5) is 8.74. The van der Waals surface area contributed by atoms with Gasteiger partial charge in [0.05, 0.1) is 13.7 Å². The van der Waals surface area contributed by atoms with Gasteiger partial charge in [-0.3, -0.25) is 0 Å². The minimum absolute atomic E-state index is 0.569. The highest BCUT2D eigenvalue weighted by atomic mass is 16.5. The quantitative estimate of drug-likeness (QED) is 0.638. The van der Waals surface area contributed by atoms with Gasteiger partial charge in [-0.1, -0.05) is 12.8 Å². The van der Waals surface area contributed by atoms with E-state index in [4.69, 9.17) is 4.74 Å². The Morgan fingerprint density at radius 1 is 1.45 bits per heavy atom. The monoisotopic (exact) mass is 276 g/mol. The maximum Gasteiger partial charge on any atom is 0.213 e. The number of rotatable bonds is 5. The third-order valence-corrected chi connectivity index (χ3v) is 3.47. The molecule has 1 aromatic heterocycles. The molecule has 1 saturated carbocycles. The van der Waals surface area contributed by atoms with E-state index >= 15 is 0 Å². The van der Waals surface area contributed by atoms with Crippen molar-refractivity contribution in [3.8, 4) is 5.88 Å². The predicted octanol–water partition coefficient (Wildman–Crippen LogP) is 2.09. The summed E-state index contributed by atoms with van der Waals surface area (Å²) in [5.41, 5.74) is 1.10. The molecule has 1 heterocycles. The van der Waals surface area contributed by atoms with Crippen LogP contribution in [0.15, 0.2) is 23.3 Å². The Morgan fingerprint density at radius 3 is 2.95 bits per heavy atom. The average Bonchev–Trinajstić information content (AvgIpc) is 2.98. The number of pyridine rings is 1. The molecule has 5 heteroatoms. The molecular formula is C15H24N4O. The lowest BCUT2D eigenvalue weighted by molar-refractivity contribution is 0.397. The SMILES string of the molecule is CCNC(=NCc1ccnc(OC)c1)NC1CCCC1. The molecule has 0 amide bonds. The number of guanidine groups is 1. The second-order valence-corrected chi connectivity index (χ2v) is 5.03. The van der Waals surface area contributed by atoms with E-state index in [1.807, 2.05) is 12.1 Å². The number of ether oxygens (including phenoxy) is 1. The fourth-order valence-electron chi connectivity index (χ4n) is 2.41. The van der Waals surface area contributed by atoms with E-state index in [0.29, 0.717) is 18.5 Å². The Balaban J connectivity index is 1.96. The first-order valence-electron chi connectivity index (χ1n) is 7.35. The van der Waals surface area contributed by atoms with Crippen LogP contribution in [0.5, 0.6) is 5.88 Å². The summed E-state index contributed by atoms with van der Waals surface area (Å²) < 4.78 is 5.13. The molecule has 20 heavy (non-hydrogen) atoms. The smallest absolute Gasteiger partial charge is 0.213 e. The summed E-state index contributed by atoms with van der Waals surface area (Å²) in [6.07, 6.45) is 6.87. The summed E-state index contributed by atoms with van der Waals surface area (Å²) in [6, 6.07) is 4.45. The summed E-state index contributed by atoms with van der Waals surface area (Å²) in [5, 5.41) is 6.81. The van der Waals surface area contributed by atoms with Gasteiger partial charge in [0, 0.05) is 24.8 Å². The average molecular weight is 276 g/mol. The van der Waals surface area contributed by atoms with Crippen LogP contribution in [0.3, 0.4) is 0 Å². The van der Waals surface area contributed by atoms with Crippen LogP contribution in [0, 0.1) is 0 Å². The predicted molar refractivity (Wildman–Crippen MR) is 81.0 cm³/mol. The third kappa shape index (κ3) is 4.40. The van der Waals surface area contributed by atoms with Crippen molar-refractivity contribution in [2.45, 2.75) is 45.2 Å². The van der Waals surface area contributed by atoms with Gasteiger partial charge in [-0.2, -0.15) is 0 Å². The van der Waals surface area contributed by atoms with Crippen molar-refractivity contribution in [1.82, 2.24) is 15.6 Å². The summed E-state index contributed by atoms with van der Waals surface area (Å²) >= 11 is 0. The van der Waals surface area contributed by atoms with Gasteiger partial charge < -0.3 is 15.4 Å². The van der Waals surface area contributed by atoms with Crippen LogP contribution < -0.4 is 15.4 Å². The number of aromatic nitrogens is 1. The fraction of sp³-hybridized carbons (Fsp3) is 0.600. The lowest BCUT2D eigenvalue weighted by Gasteiger charge is -2.16. The Hall–Kier alpha value is -1.78. The van der Waals surface area contributed by atoms with Gasteiger partial charge in [0.2, 0.25) is 5.88 Å². The largest absolute Gasteiger partial charge is 0.481 e. The highest BCUT2D eigenvalue weighted by Crippen LogP contribution is 2.17. The second kappa shape index (κ2) is 7.72. The summed E-state index contributed by atoms with van der Waals surface area (Å²) in [7, 11) is 1.63. The number of aliphatic imine (C=N–C) groups is 1. The molecule has 1 aliphatic carbocycles. The number of nitrogens with zero attached hydrogens (tertiary/aromatic N) is 2. The zero-order valence-electron chi connectivity index (χ0n) is 12.4. The molecule has 0 aromatic carbocycles. The molecule has 1 aliphatic rings. The van der Waals surface area contributed by atoms with Crippen LogP contribution in [-0.2, 0) is 6.54 Å². The molecule has 1 aromatic rings. The molecule has 0 atom stereocenters. The minimum Gasteiger partial charge on any atom is -0.481 e. The van der Waals surface area contributed by atoms with Crippen LogP contribution >= 0.6 is 0 Å². The Bertz CT molecular complexity index is 441. The molecule has 0 spiro atoms. The molecule has 0 radical (unpaired) electrons. The van der Waals surface area contributed by atoms with Gasteiger partial charge in [0.15, 0.2) is 5.96 Å². The van der Waals surface area contributed by atoms with E-state index < -0.39 is 0 Å². The van der Waals surface area contributed by atoms with Crippen molar-refractivity contribution in [2.24, 2.45) is 4.99 Å². The van der Waals surface area contributed by atoms with E-state index in [0.717, 1.165) is 18.1 Å². The second-order valence-electron chi connectivity index (χ2n) is 5.03. The maximum absolute atomic E-state index is 5.13. The van der Waals surface area contributed by atoms with Crippen molar-refractivity contribution in [1.29, 1.82) is 0 Å². The van der Waals surface area contributed by atoms with E-state index in [9.17, 15) is 0 Å². The fourth-order valence-corrected chi connectivity index (χ4v) is 2.41. The zero-order valence-corrected chi connectivity index (χ0v) is 12.4. The number of nitrogens with one attached hydrogen (secondary N) is 2. The lowest BCUT2D eigenvalue weighted by Crippen LogP contribution is -2.42. The van der Waals surface area contributed by atoms with Gasteiger partial charge in [0.1, 0.15) is 0 Å². The summed E-state index contributed by atoms with van der Waals surface area (Å²) in [6.45, 7) is 3.58. The van der Waals surface area contributed by atoms with Crippen LogP contribution in [0.4, 0.5) is 0 Å². The first kappa shape index (κ1) is 14.6. The molecule has 5 nitrogen and oxygen atoms in total. The molecule has 1 fully saturated rings. The van der Waals surface area contributed by atoms with Crippen molar-refractivity contribution >= 4 is 5.96 Å². The third-order valence-electron chi connectivity index (χ3n) is 3.47. The molecular weight excluding hydrogens is 252 g/mol. The van der Waals surface area contributed by atoms with Gasteiger partial charge in [-0.15, -0.1) is 0 Å². The molecule has 0 bridgehead atoms. The van der Waals surface area contributed by atoms with Crippen molar-refractivity contribution in [2.75, 3.05) is 13.7 Å². The van der Waals surface area contributed by atoms with Crippen molar-refractivity contribution in [3.63, 3.8) is 0 Å². The minimum atomic E-state index is 0.569. The Labute approximate surface area is 120 Å². The highest BCUT2D eigenvalue weighted by Gasteiger charge is 2.15. The number of hydrogen-bond acceptors (Lipinski definition) is 3. The lowest BCUT2D eigenvalue weighted by atomic mass is 10.2. The van der Waals surface area contributed by atoms with E-state index in [1.54, 1.807) is 13.3 Å². The van der Waals surface area contributed by atoms with Gasteiger partial charge in [-0.25, -0.2) is 9.98 Å². The zero-order chi connectivity index (χ0) is 14.2. The van der Waals surface area contributed by atoms with Crippen LogP contribution in [0.2, 0.25) is 0 Å². The van der Waals surface area contributed by atoms with Gasteiger partial charge in [0.25, 0.3) is 0 Å². The van der Waals surface area contributed by atoms with Crippen LogP contribution in [0.1, 0.15) is 38.2 Å². The molecule has 0 aliphatic heterocycles. The molecule has 0 unspecified atom stereocenters. The first-order valence-corrected chi connectivity index (χ1v) is 7.35. The van der Waals surface area contributed by atoms with Gasteiger partial charge >= 0.3 is 0 Å². The molecule has 2 N–H and O–H groups in total. The van der Waals surface area contributed by atoms with Crippen LogP contribution in [0.25, 0.3) is 0 Å². The highest BCUT2D eigenvalue weighted by molar-refractivity contribution is 5.80. The normalized spacial score (nSPS) is 16.2. The van der Waals surface area contributed by atoms with E-state index in [1.165, 1.54) is 25.7 Å². The van der Waals surface area contributed by atoms with Crippen molar-refractivity contribution < 1.29 is 4.74 Å². The maximum atomic E-state index is 5.13.